The van der Waals surface area contributed by atoms with Gasteiger partial charge in [-0.2, -0.15) is 0 Å². The predicted molar refractivity (Wildman–Crippen MR) is 245 cm³/mol. The smallest absolute Gasteiger partial charge is 0.318 e. The Balaban J connectivity index is 4.53. The van der Waals surface area contributed by atoms with Crippen LogP contribution in [0.3, 0.4) is 0 Å². The SMILES string of the molecule is CCCCCCCCCCCCCCCCCC(=O)OCC(C[N+](C)(C)CCSSC(CC(=O)O)C(=O)O)OC(=O)CCCCCCCCCCCCCCCCC. The molecule has 0 aromatic carbocycles. The number of rotatable bonds is 45. The molecule has 0 fully saturated rings. The van der Waals surface area contributed by atoms with Crippen LogP contribution in [0.15, 0.2) is 0 Å². The molecule has 0 radical (unpaired) electrons. The standard InChI is InChI=1S/C47H89NO8S2/c1-5-7-9-11-13-15-17-19-21-23-25-27-29-31-33-35-45(51)55-41-42(40-48(3,4)37-38-57-58-43(47(53)54)39-44(49)50)56-46(52)36-34-32-30-28-26-24-22-20-18-16-14-12-10-8-6-2/h42-43H,5-41H2,1-4H3,(H-,49,50,53,54)/p+1. The number of carbonyl (C=O) groups is 4. The molecule has 0 heterocycles. The topological polar surface area (TPSA) is 127 Å². The summed E-state index contributed by atoms with van der Waals surface area (Å²) in [7, 11) is 6.40. The van der Waals surface area contributed by atoms with Crippen molar-refractivity contribution in [3.05, 3.63) is 0 Å². The minimum Gasteiger partial charge on any atom is -0.481 e. The summed E-state index contributed by atoms with van der Waals surface area (Å²) in [5, 5.41) is 17.4. The minimum atomic E-state index is -1.14. The summed E-state index contributed by atoms with van der Waals surface area (Å²) in [5.41, 5.74) is 0. The molecule has 11 heteroatoms. The average molecular weight is 861 g/mol. The highest BCUT2D eigenvalue weighted by Gasteiger charge is 2.28. The number of nitrogens with zero attached hydrogens (tertiary/aromatic N) is 1. The lowest BCUT2D eigenvalue weighted by Crippen LogP contribution is -2.49. The van der Waals surface area contributed by atoms with E-state index in [1.807, 2.05) is 14.1 Å². The van der Waals surface area contributed by atoms with E-state index in [-0.39, 0.29) is 18.5 Å². The number of unbranched alkanes of at least 4 members (excludes halogenated alkanes) is 28. The van der Waals surface area contributed by atoms with Gasteiger partial charge in [-0.15, -0.1) is 0 Å². The maximum absolute atomic E-state index is 13.0. The highest BCUT2D eigenvalue weighted by Crippen LogP contribution is 2.29. The van der Waals surface area contributed by atoms with Gasteiger partial charge < -0.3 is 24.2 Å². The van der Waals surface area contributed by atoms with Gasteiger partial charge in [-0.1, -0.05) is 215 Å². The van der Waals surface area contributed by atoms with Gasteiger partial charge in [0, 0.05) is 12.8 Å². The first-order valence-corrected chi connectivity index (χ1v) is 26.3. The fourth-order valence-corrected chi connectivity index (χ4v) is 9.86. The van der Waals surface area contributed by atoms with Crippen molar-refractivity contribution in [2.45, 2.75) is 237 Å². The number of hydrogen-bond donors (Lipinski definition) is 2. The molecule has 0 amide bonds. The van der Waals surface area contributed by atoms with Crippen LogP contribution in [0.2, 0.25) is 0 Å². The Morgan fingerprint density at radius 1 is 0.534 bits per heavy atom. The number of quaternary nitrogens is 1. The second-order valence-electron chi connectivity index (χ2n) is 17.4. The van der Waals surface area contributed by atoms with Crippen LogP contribution in [0.5, 0.6) is 0 Å². The molecule has 2 atom stereocenters. The zero-order chi connectivity index (χ0) is 43.0. The Morgan fingerprint density at radius 3 is 1.26 bits per heavy atom. The molecular weight excluding hydrogens is 771 g/mol. The molecular formula is C47H90NO8S2+. The minimum absolute atomic E-state index is 0.0193. The van der Waals surface area contributed by atoms with E-state index in [0.29, 0.717) is 36.2 Å². The monoisotopic (exact) mass is 861 g/mol. The normalized spacial score (nSPS) is 12.7. The van der Waals surface area contributed by atoms with E-state index in [9.17, 15) is 24.3 Å². The third kappa shape index (κ3) is 40.0. The van der Waals surface area contributed by atoms with Gasteiger partial charge >= 0.3 is 23.9 Å². The summed E-state index contributed by atoms with van der Waals surface area (Å²) in [6.07, 6.45) is 37.6. The van der Waals surface area contributed by atoms with E-state index in [1.165, 1.54) is 165 Å². The predicted octanol–water partition coefficient (Wildman–Crippen LogP) is 13.4. The van der Waals surface area contributed by atoms with Gasteiger partial charge in [0.25, 0.3) is 0 Å². The molecule has 0 aliphatic carbocycles. The first kappa shape index (κ1) is 56.5. The van der Waals surface area contributed by atoms with Crippen molar-refractivity contribution < 1.29 is 43.3 Å². The van der Waals surface area contributed by atoms with E-state index in [1.54, 1.807) is 0 Å². The third-order valence-corrected chi connectivity index (χ3v) is 13.7. The zero-order valence-electron chi connectivity index (χ0n) is 37.9. The van der Waals surface area contributed by atoms with Crippen molar-refractivity contribution >= 4 is 45.5 Å². The van der Waals surface area contributed by atoms with Gasteiger partial charge in [0.05, 0.1) is 32.8 Å². The Hall–Kier alpha value is -1.46. The molecule has 0 aliphatic heterocycles. The Morgan fingerprint density at radius 2 is 0.897 bits per heavy atom. The number of esters is 2. The largest absolute Gasteiger partial charge is 0.481 e. The summed E-state index contributed by atoms with van der Waals surface area (Å²) in [6, 6.07) is 0. The van der Waals surface area contributed by atoms with Gasteiger partial charge in [0.2, 0.25) is 0 Å². The number of hydrogen-bond acceptors (Lipinski definition) is 8. The molecule has 9 nitrogen and oxygen atoms in total. The molecule has 0 aromatic heterocycles. The number of ether oxygens (including phenoxy) is 2. The van der Waals surface area contributed by atoms with E-state index in [0.717, 1.165) is 49.3 Å². The third-order valence-electron chi connectivity index (χ3n) is 11.0. The second kappa shape index (κ2) is 40.9. The molecule has 58 heavy (non-hydrogen) atoms. The molecule has 0 bridgehead atoms. The van der Waals surface area contributed by atoms with E-state index < -0.39 is 29.7 Å². The molecule has 2 N–H and O–H groups in total. The number of carboxylic acids is 2. The lowest BCUT2D eigenvalue weighted by molar-refractivity contribution is -0.890. The summed E-state index contributed by atoms with van der Waals surface area (Å²) in [5.74, 6) is -2.21. The van der Waals surface area contributed by atoms with Crippen molar-refractivity contribution in [3.8, 4) is 0 Å². The highest BCUT2D eigenvalue weighted by atomic mass is 33.1. The van der Waals surface area contributed by atoms with Gasteiger partial charge in [-0.05, 0) is 12.8 Å². The molecule has 0 aliphatic rings. The number of carboxylic acid groups (broad SMARTS) is 2. The summed E-state index contributed by atoms with van der Waals surface area (Å²) >= 11 is 0. The fourth-order valence-electron chi connectivity index (χ4n) is 7.29. The van der Waals surface area contributed by atoms with Gasteiger partial charge in [-0.25, -0.2) is 0 Å². The summed E-state index contributed by atoms with van der Waals surface area (Å²) in [4.78, 5) is 48.1. The Bertz CT molecular complexity index is 998. The molecule has 0 spiro atoms. The Kier molecular flexibility index (Phi) is 39.9. The number of carbonyl (C=O) groups excluding carboxylic acids is 2. The molecule has 2 unspecified atom stereocenters. The first-order valence-electron chi connectivity index (χ1n) is 23.9. The van der Waals surface area contributed by atoms with E-state index in [2.05, 4.69) is 13.8 Å². The van der Waals surface area contributed by atoms with Crippen LogP contribution in [0.4, 0.5) is 0 Å². The quantitative estimate of drug-likeness (QED) is 0.0264. The number of aliphatic carboxylic acids is 2. The highest BCUT2D eigenvalue weighted by molar-refractivity contribution is 8.77. The number of likely N-dealkylation sites (N-methyl/N-ethyl adjacent to an activating group) is 1. The zero-order valence-corrected chi connectivity index (χ0v) is 39.6. The van der Waals surface area contributed by atoms with E-state index in [4.69, 9.17) is 14.6 Å². The van der Waals surface area contributed by atoms with Crippen molar-refractivity contribution in [1.82, 2.24) is 0 Å². The Labute approximate surface area is 364 Å². The molecule has 0 aromatic rings. The maximum Gasteiger partial charge on any atom is 0.318 e. The molecule has 342 valence electrons. The lowest BCUT2D eigenvalue weighted by Gasteiger charge is -2.33. The van der Waals surface area contributed by atoms with Crippen LogP contribution in [0.1, 0.15) is 226 Å². The van der Waals surface area contributed by atoms with Crippen molar-refractivity contribution in [1.29, 1.82) is 0 Å². The lowest BCUT2D eigenvalue weighted by atomic mass is 10.0. The van der Waals surface area contributed by atoms with Crippen LogP contribution >= 0.6 is 21.6 Å². The van der Waals surface area contributed by atoms with Crippen molar-refractivity contribution in [2.24, 2.45) is 0 Å². The fraction of sp³-hybridized carbons (Fsp3) is 0.915. The van der Waals surface area contributed by atoms with Crippen LogP contribution in [-0.2, 0) is 28.7 Å². The molecule has 0 saturated heterocycles. The average Bonchev–Trinajstić information content (AvgIpc) is 3.17. The van der Waals surface area contributed by atoms with Gasteiger partial charge in [0.15, 0.2) is 6.10 Å². The van der Waals surface area contributed by atoms with E-state index >= 15 is 0 Å². The first-order chi connectivity index (χ1) is 28.0. The van der Waals surface area contributed by atoms with Crippen molar-refractivity contribution in [3.63, 3.8) is 0 Å². The van der Waals surface area contributed by atoms with Crippen LogP contribution in [0.25, 0.3) is 0 Å². The second-order valence-corrected chi connectivity index (χ2v) is 20.1. The van der Waals surface area contributed by atoms with Crippen LogP contribution in [0, 0.1) is 0 Å². The summed E-state index contributed by atoms with van der Waals surface area (Å²) < 4.78 is 12.1. The summed E-state index contributed by atoms with van der Waals surface area (Å²) in [6.45, 7) is 5.63. The molecule has 0 rings (SSSR count). The van der Waals surface area contributed by atoms with Crippen LogP contribution in [-0.4, -0.2) is 89.5 Å². The maximum atomic E-state index is 13.0. The molecule has 0 saturated carbocycles. The van der Waals surface area contributed by atoms with Gasteiger partial charge in [0.1, 0.15) is 18.4 Å². The van der Waals surface area contributed by atoms with Crippen molar-refractivity contribution in [2.75, 3.05) is 39.5 Å². The van der Waals surface area contributed by atoms with Crippen LogP contribution < -0.4 is 0 Å². The van der Waals surface area contributed by atoms with Gasteiger partial charge in [-0.3, -0.25) is 19.2 Å².